The van der Waals surface area contributed by atoms with E-state index >= 15 is 0 Å². The summed E-state index contributed by atoms with van der Waals surface area (Å²) in [6.07, 6.45) is 0. The fourth-order valence-corrected chi connectivity index (χ4v) is 1.76. The summed E-state index contributed by atoms with van der Waals surface area (Å²) in [4.78, 5) is 0. The molecule has 0 aromatic rings. The van der Waals surface area contributed by atoms with Crippen molar-refractivity contribution in [3.8, 4) is 0 Å². The lowest BCUT2D eigenvalue weighted by atomic mass is 10.6. The number of hydrogen-bond donors (Lipinski definition) is 0. The van der Waals surface area contributed by atoms with Gasteiger partial charge in [0.25, 0.3) is 0 Å². The number of rotatable bonds is 0. The van der Waals surface area contributed by atoms with Crippen LogP contribution in [0.4, 0.5) is 0 Å². The smallest absolute Gasteiger partial charge is 0.0701 e. The predicted molar refractivity (Wildman–Crippen MR) is 90.2 cm³/mol. The minimum absolute atomic E-state index is 0. The highest BCUT2D eigenvalue weighted by Crippen LogP contribution is 1.86. The van der Waals surface area contributed by atoms with E-state index in [1.165, 1.54) is 0 Å². The molecule has 2 aliphatic rings. The van der Waals surface area contributed by atoms with Gasteiger partial charge in [-0.3, -0.25) is 0 Å². The van der Waals surface area contributed by atoms with Gasteiger partial charge in [0, 0.05) is 0 Å². The predicted octanol–water partition coefficient (Wildman–Crippen LogP) is -0.692. The Hall–Kier alpha value is -0.360. The lowest BCUT2D eigenvalue weighted by molar-refractivity contribution is -0.0334. The van der Waals surface area contributed by atoms with Crippen LogP contribution < -0.4 is 0 Å². The van der Waals surface area contributed by atoms with Crippen molar-refractivity contribution in [2.45, 2.75) is 0 Å². The minimum Gasteiger partial charge on any atom is -0.412 e. The fourth-order valence-electron chi connectivity index (χ4n) is 1.76. The second kappa shape index (κ2) is 21.7. The van der Waals surface area contributed by atoms with Gasteiger partial charge >= 0.3 is 0 Å². The second-order valence-corrected chi connectivity index (χ2v) is 4.90. The average molecular weight is 370 g/mol. The van der Waals surface area contributed by atoms with Gasteiger partial charge in [-0.05, 0) is 0 Å². The Kier molecular flexibility index (Phi) is 21.4. The molecule has 2 aliphatic heterocycles. The summed E-state index contributed by atoms with van der Waals surface area (Å²) >= 11 is 0. The van der Waals surface area contributed by atoms with Gasteiger partial charge in [0.05, 0.1) is 106 Å². The minimum atomic E-state index is 0. The quantitative estimate of drug-likeness (QED) is 0.552. The van der Waals surface area contributed by atoms with Gasteiger partial charge in [0.2, 0.25) is 0 Å². The van der Waals surface area contributed by atoms with Gasteiger partial charge in [-0.15, -0.1) is 0 Å². The van der Waals surface area contributed by atoms with Crippen LogP contribution in [0.15, 0.2) is 0 Å². The molecule has 2 N–H and O–H groups in total. The van der Waals surface area contributed by atoms with Crippen LogP contribution in [0, 0.1) is 0 Å². The molecule has 2 saturated heterocycles. The van der Waals surface area contributed by atoms with Crippen molar-refractivity contribution in [3.63, 3.8) is 0 Å². The lowest BCUT2D eigenvalue weighted by Crippen LogP contribution is -2.16. The van der Waals surface area contributed by atoms with Gasteiger partial charge in [0.1, 0.15) is 0 Å². The Morgan fingerprint density at radius 1 is 0.200 bits per heavy atom. The molecule has 0 aromatic heterocycles. The van der Waals surface area contributed by atoms with Crippen LogP contribution in [-0.4, -0.2) is 111 Å². The molecular formula is C16H34O9. The molecule has 0 bridgehead atoms. The van der Waals surface area contributed by atoms with Crippen LogP contribution in [0.3, 0.4) is 0 Å². The van der Waals surface area contributed by atoms with E-state index in [9.17, 15) is 0 Å². The van der Waals surface area contributed by atoms with E-state index in [0.717, 1.165) is 0 Å². The standard InChI is InChI=1S/2C8H16O4.H2O/c2*1-2-10-5-6-12-8-7-11-4-3-9-1;/h2*1-8H2;1H2. The van der Waals surface area contributed by atoms with Gasteiger partial charge in [-0.2, -0.15) is 0 Å². The zero-order valence-electron chi connectivity index (χ0n) is 15.1. The van der Waals surface area contributed by atoms with Crippen molar-refractivity contribution < 1.29 is 43.4 Å². The highest BCUT2D eigenvalue weighted by molar-refractivity contribution is 4.38. The van der Waals surface area contributed by atoms with E-state index in [0.29, 0.717) is 106 Å². The van der Waals surface area contributed by atoms with Gasteiger partial charge in [0.15, 0.2) is 0 Å². The lowest BCUT2D eigenvalue weighted by Gasteiger charge is -2.09. The molecule has 0 aromatic carbocycles. The zero-order chi connectivity index (χ0) is 17.0. The van der Waals surface area contributed by atoms with Crippen LogP contribution in [0.5, 0.6) is 0 Å². The molecule has 0 saturated carbocycles. The molecular weight excluding hydrogens is 336 g/mol. The van der Waals surface area contributed by atoms with E-state index < -0.39 is 0 Å². The molecule has 9 nitrogen and oxygen atoms in total. The van der Waals surface area contributed by atoms with Gasteiger partial charge in [-0.1, -0.05) is 0 Å². The molecule has 2 fully saturated rings. The maximum atomic E-state index is 5.22. The summed E-state index contributed by atoms with van der Waals surface area (Å²) in [5.74, 6) is 0. The first kappa shape index (κ1) is 24.6. The fraction of sp³-hybridized carbons (Fsp3) is 1.00. The number of hydrogen-bond acceptors (Lipinski definition) is 8. The Labute approximate surface area is 150 Å². The van der Waals surface area contributed by atoms with Crippen molar-refractivity contribution in [2.24, 2.45) is 0 Å². The summed E-state index contributed by atoms with van der Waals surface area (Å²) in [7, 11) is 0. The third-order valence-electron chi connectivity index (χ3n) is 2.98. The summed E-state index contributed by atoms with van der Waals surface area (Å²) in [5.41, 5.74) is 0. The van der Waals surface area contributed by atoms with Crippen molar-refractivity contribution >= 4 is 0 Å². The van der Waals surface area contributed by atoms with Crippen molar-refractivity contribution in [1.82, 2.24) is 0 Å². The molecule has 25 heavy (non-hydrogen) atoms. The van der Waals surface area contributed by atoms with Crippen LogP contribution in [0.25, 0.3) is 0 Å². The monoisotopic (exact) mass is 370 g/mol. The van der Waals surface area contributed by atoms with E-state index in [-0.39, 0.29) is 5.48 Å². The zero-order valence-corrected chi connectivity index (χ0v) is 15.1. The Morgan fingerprint density at radius 2 is 0.280 bits per heavy atom. The Morgan fingerprint density at radius 3 is 0.360 bits per heavy atom. The summed E-state index contributed by atoms with van der Waals surface area (Å²) < 4.78 is 41.7. The highest BCUT2D eigenvalue weighted by Gasteiger charge is 1.96. The molecule has 0 radical (unpaired) electrons. The molecule has 0 unspecified atom stereocenters. The molecule has 0 aliphatic carbocycles. The SMILES string of the molecule is C1COCCOCCOCCO1.C1COCCOCCOCCO1.O. The molecule has 2 rings (SSSR count). The number of ether oxygens (including phenoxy) is 8. The Bertz CT molecular complexity index is 134. The second-order valence-electron chi connectivity index (χ2n) is 4.90. The topological polar surface area (TPSA) is 105 Å². The first-order valence-corrected chi connectivity index (χ1v) is 8.62. The summed E-state index contributed by atoms with van der Waals surface area (Å²) in [5, 5.41) is 0. The van der Waals surface area contributed by atoms with Gasteiger partial charge < -0.3 is 43.4 Å². The van der Waals surface area contributed by atoms with Crippen LogP contribution in [-0.2, 0) is 37.9 Å². The van der Waals surface area contributed by atoms with Crippen molar-refractivity contribution in [2.75, 3.05) is 106 Å². The highest BCUT2D eigenvalue weighted by atomic mass is 16.6. The molecule has 0 amide bonds. The largest absolute Gasteiger partial charge is 0.412 e. The summed E-state index contributed by atoms with van der Waals surface area (Å²) in [6.45, 7) is 10.3. The molecule has 0 spiro atoms. The first-order chi connectivity index (χ1) is 12.0. The molecule has 152 valence electrons. The third-order valence-corrected chi connectivity index (χ3v) is 2.98. The van der Waals surface area contributed by atoms with E-state index in [4.69, 9.17) is 37.9 Å². The first-order valence-electron chi connectivity index (χ1n) is 8.62. The van der Waals surface area contributed by atoms with Crippen LogP contribution in [0.2, 0.25) is 0 Å². The molecule has 2 heterocycles. The van der Waals surface area contributed by atoms with E-state index in [1.807, 2.05) is 0 Å². The average Bonchev–Trinajstić information content (AvgIpc) is 2.56. The third kappa shape index (κ3) is 19.8. The maximum absolute atomic E-state index is 5.22. The van der Waals surface area contributed by atoms with Gasteiger partial charge in [-0.25, -0.2) is 0 Å². The van der Waals surface area contributed by atoms with Crippen molar-refractivity contribution in [3.05, 3.63) is 0 Å². The van der Waals surface area contributed by atoms with Crippen LogP contribution >= 0.6 is 0 Å². The Balaban J connectivity index is 0.000000443. The maximum Gasteiger partial charge on any atom is 0.0701 e. The molecule has 9 heteroatoms. The van der Waals surface area contributed by atoms with Crippen molar-refractivity contribution in [1.29, 1.82) is 0 Å². The summed E-state index contributed by atoms with van der Waals surface area (Å²) in [6, 6.07) is 0. The van der Waals surface area contributed by atoms with E-state index in [1.54, 1.807) is 0 Å². The normalized spacial score (nSPS) is 23.0. The van der Waals surface area contributed by atoms with E-state index in [2.05, 4.69) is 0 Å². The molecule has 0 atom stereocenters. The van der Waals surface area contributed by atoms with Crippen LogP contribution in [0.1, 0.15) is 0 Å².